The van der Waals surface area contributed by atoms with Crippen LogP contribution in [0.5, 0.6) is 6.01 Å². The molecule has 1 aliphatic carbocycles. The van der Waals surface area contributed by atoms with Crippen LogP contribution in [0.2, 0.25) is 5.02 Å². The Morgan fingerprint density at radius 2 is 2.29 bits per heavy atom. The number of nitrogens with zero attached hydrogens (tertiary/aromatic N) is 3. The van der Waals surface area contributed by atoms with Crippen molar-refractivity contribution in [3.05, 3.63) is 11.2 Å². The first-order valence-electron chi connectivity index (χ1n) is 5.56. The normalized spacial score (nSPS) is 23.1. The lowest BCUT2D eigenvalue weighted by atomic mass is 9.82. The molecule has 1 fully saturated rings. The molecule has 0 aromatic carbocycles. The molecule has 0 spiro atoms. The minimum absolute atomic E-state index is 0.135. The highest BCUT2D eigenvalue weighted by atomic mass is 35.5. The summed E-state index contributed by atoms with van der Waals surface area (Å²) in [6.07, 6.45) is 3.10. The van der Waals surface area contributed by atoms with Crippen LogP contribution in [-0.2, 0) is 0 Å². The van der Waals surface area contributed by atoms with E-state index in [2.05, 4.69) is 9.97 Å². The molecule has 0 atom stereocenters. The smallest absolute Gasteiger partial charge is 0.318 e. The summed E-state index contributed by atoms with van der Waals surface area (Å²) in [5, 5.41) is 9.76. The van der Waals surface area contributed by atoms with Gasteiger partial charge in [0, 0.05) is 13.6 Å². The van der Waals surface area contributed by atoms with Crippen molar-refractivity contribution < 1.29 is 9.84 Å². The van der Waals surface area contributed by atoms with Crippen LogP contribution in [0.15, 0.2) is 6.20 Å². The van der Waals surface area contributed by atoms with E-state index in [1.54, 1.807) is 0 Å². The number of methoxy groups -OCH3 is 1. The molecule has 0 amide bonds. The van der Waals surface area contributed by atoms with Crippen molar-refractivity contribution in [2.24, 2.45) is 5.92 Å². The Bertz CT molecular complexity index is 396. The van der Waals surface area contributed by atoms with Crippen molar-refractivity contribution in [2.75, 3.05) is 25.6 Å². The van der Waals surface area contributed by atoms with Crippen LogP contribution in [0.25, 0.3) is 0 Å². The molecule has 0 aliphatic heterocycles. The summed E-state index contributed by atoms with van der Waals surface area (Å²) in [7, 11) is 3.45. The summed E-state index contributed by atoms with van der Waals surface area (Å²) in [4.78, 5) is 10.1. The number of anilines is 1. The third kappa shape index (κ3) is 2.79. The Morgan fingerprint density at radius 1 is 1.59 bits per heavy atom. The van der Waals surface area contributed by atoms with E-state index in [-0.39, 0.29) is 6.10 Å². The first kappa shape index (κ1) is 12.4. The van der Waals surface area contributed by atoms with Gasteiger partial charge in [0.15, 0.2) is 5.82 Å². The van der Waals surface area contributed by atoms with Crippen molar-refractivity contribution in [1.82, 2.24) is 9.97 Å². The van der Waals surface area contributed by atoms with E-state index in [0.717, 1.165) is 19.4 Å². The zero-order chi connectivity index (χ0) is 12.4. The average Bonchev–Trinajstić information content (AvgIpc) is 2.27. The molecule has 2 rings (SSSR count). The van der Waals surface area contributed by atoms with E-state index in [9.17, 15) is 5.11 Å². The van der Waals surface area contributed by atoms with Crippen LogP contribution in [0.4, 0.5) is 5.82 Å². The molecule has 0 radical (unpaired) electrons. The molecule has 6 heteroatoms. The molecule has 5 nitrogen and oxygen atoms in total. The fourth-order valence-electron chi connectivity index (χ4n) is 2.03. The van der Waals surface area contributed by atoms with Gasteiger partial charge in [0.05, 0.1) is 19.4 Å². The Hall–Kier alpha value is -1.07. The number of aliphatic hydroxyl groups excluding tert-OH is 1. The van der Waals surface area contributed by atoms with Crippen LogP contribution in [0.1, 0.15) is 12.8 Å². The van der Waals surface area contributed by atoms with Gasteiger partial charge >= 0.3 is 6.01 Å². The minimum Gasteiger partial charge on any atom is -0.467 e. The summed E-state index contributed by atoms with van der Waals surface area (Å²) in [6, 6.07) is 0.310. The zero-order valence-corrected chi connectivity index (χ0v) is 10.7. The molecule has 0 saturated heterocycles. The number of ether oxygens (including phenoxy) is 1. The number of rotatable bonds is 4. The topological polar surface area (TPSA) is 58.5 Å². The minimum atomic E-state index is -0.135. The van der Waals surface area contributed by atoms with Crippen LogP contribution in [0.3, 0.4) is 0 Å². The van der Waals surface area contributed by atoms with Gasteiger partial charge in [-0.1, -0.05) is 11.6 Å². The molecule has 1 aromatic rings. The fraction of sp³-hybridized carbons (Fsp3) is 0.636. The summed E-state index contributed by atoms with van der Waals surface area (Å²) in [6.45, 7) is 0.830. The molecule has 1 saturated carbocycles. The molecule has 1 N–H and O–H groups in total. The maximum absolute atomic E-state index is 9.25. The van der Waals surface area contributed by atoms with E-state index < -0.39 is 0 Å². The molecular weight excluding hydrogens is 242 g/mol. The lowest BCUT2D eigenvalue weighted by Gasteiger charge is -2.34. The third-order valence-electron chi connectivity index (χ3n) is 2.99. The van der Waals surface area contributed by atoms with Gasteiger partial charge in [-0.2, -0.15) is 4.98 Å². The van der Waals surface area contributed by atoms with Crippen molar-refractivity contribution in [2.45, 2.75) is 18.9 Å². The lowest BCUT2D eigenvalue weighted by Crippen LogP contribution is -2.37. The quantitative estimate of drug-likeness (QED) is 0.882. The van der Waals surface area contributed by atoms with Gasteiger partial charge < -0.3 is 14.7 Å². The van der Waals surface area contributed by atoms with Gasteiger partial charge in [0.25, 0.3) is 0 Å². The maximum Gasteiger partial charge on any atom is 0.318 e. The molecule has 94 valence electrons. The van der Waals surface area contributed by atoms with Crippen LogP contribution in [-0.4, -0.2) is 41.9 Å². The first-order chi connectivity index (χ1) is 8.10. The van der Waals surface area contributed by atoms with E-state index in [1.165, 1.54) is 13.3 Å². The second-order valence-electron chi connectivity index (χ2n) is 4.40. The number of halogens is 1. The van der Waals surface area contributed by atoms with Gasteiger partial charge in [-0.15, -0.1) is 0 Å². The molecule has 0 unspecified atom stereocenters. The average molecular weight is 258 g/mol. The summed E-state index contributed by atoms with van der Waals surface area (Å²) in [5.74, 6) is 1.17. The van der Waals surface area contributed by atoms with Crippen molar-refractivity contribution in [1.29, 1.82) is 0 Å². The molecule has 1 aromatic heterocycles. The van der Waals surface area contributed by atoms with Crippen LogP contribution in [0, 0.1) is 5.92 Å². The van der Waals surface area contributed by atoms with Gasteiger partial charge in [-0.05, 0) is 18.8 Å². The SMILES string of the molecule is COc1ncc(Cl)c(N(C)CC2CC(O)C2)n1. The van der Waals surface area contributed by atoms with Crippen molar-refractivity contribution in [3.63, 3.8) is 0 Å². The highest BCUT2D eigenvalue weighted by molar-refractivity contribution is 6.32. The Morgan fingerprint density at radius 3 is 2.88 bits per heavy atom. The fourth-order valence-corrected chi connectivity index (χ4v) is 2.27. The van der Waals surface area contributed by atoms with Crippen molar-refractivity contribution in [3.8, 4) is 6.01 Å². The maximum atomic E-state index is 9.25. The predicted octanol–water partition coefficient (Wildman–Crippen LogP) is 1.35. The molecule has 17 heavy (non-hydrogen) atoms. The predicted molar refractivity (Wildman–Crippen MR) is 65.6 cm³/mol. The summed E-state index contributed by atoms with van der Waals surface area (Å²) >= 11 is 6.05. The van der Waals surface area contributed by atoms with Crippen LogP contribution < -0.4 is 9.64 Å². The van der Waals surface area contributed by atoms with E-state index >= 15 is 0 Å². The van der Waals surface area contributed by atoms with Crippen molar-refractivity contribution >= 4 is 17.4 Å². The van der Waals surface area contributed by atoms with Gasteiger partial charge in [-0.25, -0.2) is 4.98 Å². The summed E-state index contributed by atoms with van der Waals surface area (Å²) in [5.41, 5.74) is 0. The number of hydrogen-bond acceptors (Lipinski definition) is 5. The monoisotopic (exact) mass is 257 g/mol. The van der Waals surface area contributed by atoms with Crippen LogP contribution >= 0.6 is 11.6 Å². The van der Waals surface area contributed by atoms with E-state index in [1.807, 2.05) is 11.9 Å². The second kappa shape index (κ2) is 5.06. The highest BCUT2D eigenvalue weighted by Gasteiger charge is 2.28. The number of hydrogen-bond donors (Lipinski definition) is 1. The Kier molecular flexibility index (Phi) is 3.69. The third-order valence-corrected chi connectivity index (χ3v) is 3.26. The Balaban J connectivity index is 2.04. The number of aliphatic hydroxyl groups is 1. The van der Waals surface area contributed by atoms with Gasteiger partial charge in [-0.3, -0.25) is 0 Å². The van der Waals surface area contributed by atoms with E-state index in [4.69, 9.17) is 16.3 Å². The standard InChI is InChI=1S/C11H16ClN3O2/c1-15(6-7-3-8(16)4-7)10-9(12)5-13-11(14-10)17-2/h5,7-8,16H,3-4,6H2,1-2H3. The lowest BCUT2D eigenvalue weighted by molar-refractivity contribution is 0.0464. The second-order valence-corrected chi connectivity index (χ2v) is 4.81. The highest BCUT2D eigenvalue weighted by Crippen LogP contribution is 2.30. The molecule has 1 heterocycles. The molecule has 0 bridgehead atoms. The summed E-state index contributed by atoms with van der Waals surface area (Å²) < 4.78 is 4.97. The molecule has 1 aliphatic rings. The molecular formula is C11H16ClN3O2. The number of aromatic nitrogens is 2. The van der Waals surface area contributed by atoms with Gasteiger partial charge in [0.1, 0.15) is 5.02 Å². The Labute approximate surface area is 105 Å². The van der Waals surface area contributed by atoms with Gasteiger partial charge in [0.2, 0.25) is 0 Å². The largest absolute Gasteiger partial charge is 0.467 e. The zero-order valence-electron chi connectivity index (χ0n) is 9.93. The van der Waals surface area contributed by atoms with E-state index in [0.29, 0.717) is 22.8 Å². The first-order valence-corrected chi connectivity index (χ1v) is 5.93.